The number of hydrogen-bond acceptors (Lipinski definition) is 6. The maximum absolute atomic E-state index is 12.8. The first-order valence-corrected chi connectivity index (χ1v) is 15.1. The highest BCUT2D eigenvalue weighted by atomic mass is 32.1. The second-order valence-electron chi connectivity index (χ2n) is 11.9. The number of urea groups is 1. The molecule has 0 bridgehead atoms. The zero-order valence-electron chi connectivity index (χ0n) is 22.4. The molecule has 3 atom stereocenters. The minimum atomic E-state index is -0.0172. The van der Waals surface area contributed by atoms with Crippen LogP contribution in [0.15, 0.2) is 9.98 Å². The Balaban J connectivity index is 1.00. The fourth-order valence-corrected chi connectivity index (χ4v) is 7.40. The maximum Gasteiger partial charge on any atom is 0.315 e. The van der Waals surface area contributed by atoms with Crippen LogP contribution in [-0.2, 0) is 0 Å². The summed E-state index contributed by atoms with van der Waals surface area (Å²) in [7, 11) is 0. The summed E-state index contributed by atoms with van der Waals surface area (Å²) in [6.07, 6.45) is 11.9. The van der Waals surface area contributed by atoms with Crippen LogP contribution >= 0.6 is 12.2 Å². The summed E-state index contributed by atoms with van der Waals surface area (Å²) in [5, 5.41) is 21.3. The van der Waals surface area contributed by atoms with E-state index in [2.05, 4.69) is 48.8 Å². The SMILES string of the molecule is CC1CC(NC(=O)NC2CCC(C3=NCCN3)CC2)CC(NC(=S)NC2CCC(C3=NCCN3)CC2)C1. The van der Waals surface area contributed by atoms with Crippen molar-refractivity contribution in [2.24, 2.45) is 27.7 Å². The molecule has 0 aromatic heterocycles. The van der Waals surface area contributed by atoms with E-state index in [-0.39, 0.29) is 24.2 Å². The number of thiocarbonyl (C=S) groups is 1. The number of rotatable bonds is 6. The lowest BCUT2D eigenvalue weighted by atomic mass is 9.83. The molecule has 5 aliphatic rings. The molecule has 5 rings (SSSR count). The second kappa shape index (κ2) is 12.6. The van der Waals surface area contributed by atoms with Gasteiger partial charge in [-0.15, -0.1) is 0 Å². The molecule has 9 nitrogen and oxygen atoms in total. The van der Waals surface area contributed by atoms with Crippen LogP contribution in [0.25, 0.3) is 0 Å². The van der Waals surface area contributed by atoms with Crippen LogP contribution in [0.2, 0.25) is 0 Å². The standard InChI is InChI=1S/C27H46N8OS/c1-17-14-22(33-26(36)32-20-6-2-18(3-7-20)24-28-10-11-29-24)16-23(15-17)35-27(37)34-21-8-4-19(5-9-21)25-30-12-13-31-25/h17-23H,2-16H2,1H3,(H,28,29)(H,30,31)(H2,32,33,36)(H2,34,35,37). The van der Waals surface area contributed by atoms with E-state index in [1.165, 1.54) is 24.5 Å². The van der Waals surface area contributed by atoms with E-state index in [1.807, 2.05) is 0 Å². The number of hydrogen-bond donors (Lipinski definition) is 6. The summed E-state index contributed by atoms with van der Waals surface area (Å²) in [6, 6.07) is 1.14. The molecule has 3 fully saturated rings. The summed E-state index contributed by atoms with van der Waals surface area (Å²) < 4.78 is 0. The van der Waals surface area contributed by atoms with E-state index in [9.17, 15) is 4.79 Å². The summed E-state index contributed by atoms with van der Waals surface area (Å²) in [5.41, 5.74) is 0. The largest absolute Gasteiger partial charge is 0.372 e. The van der Waals surface area contributed by atoms with Crippen molar-refractivity contribution in [3.63, 3.8) is 0 Å². The highest BCUT2D eigenvalue weighted by Crippen LogP contribution is 2.28. The van der Waals surface area contributed by atoms with Gasteiger partial charge in [0.25, 0.3) is 0 Å². The monoisotopic (exact) mass is 530 g/mol. The number of aliphatic imine (C=N–C) groups is 2. The summed E-state index contributed by atoms with van der Waals surface area (Å²) >= 11 is 5.70. The average molecular weight is 531 g/mol. The Morgan fingerprint density at radius 1 is 0.703 bits per heavy atom. The van der Waals surface area contributed by atoms with Gasteiger partial charge in [-0.1, -0.05) is 6.92 Å². The first kappa shape index (κ1) is 26.5. The smallest absolute Gasteiger partial charge is 0.315 e. The van der Waals surface area contributed by atoms with Gasteiger partial charge in [-0.2, -0.15) is 0 Å². The van der Waals surface area contributed by atoms with Crippen molar-refractivity contribution in [2.75, 3.05) is 26.2 Å². The Labute approximate surface area is 227 Å². The zero-order valence-corrected chi connectivity index (χ0v) is 23.2. The molecule has 6 N–H and O–H groups in total. The van der Waals surface area contributed by atoms with Gasteiger partial charge in [-0.25, -0.2) is 4.79 Å². The molecule has 2 amide bonds. The first-order valence-electron chi connectivity index (χ1n) is 14.7. The van der Waals surface area contributed by atoms with Crippen molar-refractivity contribution in [1.82, 2.24) is 31.9 Å². The fraction of sp³-hybridized carbons (Fsp3) is 0.852. The van der Waals surface area contributed by atoms with Crippen LogP contribution in [0.5, 0.6) is 0 Å². The van der Waals surface area contributed by atoms with Crippen molar-refractivity contribution in [1.29, 1.82) is 0 Å². The summed E-state index contributed by atoms with van der Waals surface area (Å²) in [6.45, 7) is 6.07. The van der Waals surface area contributed by atoms with Crippen LogP contribution in [0.3, 0.4) is 0 Å². The molecule has 0 aromatic rings. The minimum Gasteiger partial charge on any atom is -0.372 e. The molecular formula is C27H46N8OS. The number of carbonyl (C=O) groups excluding carboxylic acids is 1. The van der Waals surface area contributed by atoms with E-state index in [0.29, 0.717) is 23.8 Å². The molecule has 3 saturated carbocycles. The van der Waals surface area contributed by atoms with Gasteiger partial charge in [0.05, 0.1) is 24.8 Å². The third-order valence-corrected chi connectivity index (χ3v) is 9.15. The Hall–Kier alpha value is -2.10. The van der Waals surface area contributed by atoms with Crippen LogP contribution in [0.4, 0.5) is 4.79 Å². The molecule has 3 unspecified atom stereocenters. The highest BCUT2D eigenvalue weighted by molar-refractivity contribution is 7.80. The van der Waals surface area contributed by atoms with E-state index >= 15 is 0 Å². The van der Waals surface area contributed by atoms with Crippen LogP contribution < -0.4 is 31.9 Å². The molecule has 0 spiro atoms. The fourth-order valence-electron chi connectivity index (χ4n) is 7.07. The second-order valence-corrected chi connectivity index (χ2v) is 12.3. The summed E-state index contributed by atoms with van der Waals surface area (Å²) in [4.78, 5) is 22.0. The lowest BCUT2D eigenvalue weighted by molar-refractivity contribution is 0.212. The van der Waals surface area contributed by atoms with E-state index in [4.69, 9.17) is 12.2 Å². The Bertz CT molecular complexity index is 794. The van der Waals surface area contributed by atoms with Crippen LogP contribution in [0.1, 0.15) is 77.6 Å². The van der Waals surface area contributed by atoms with E-state index < -0.39 is 0 Å². The molecule has 37 heavy (non-hydrogen) atoms. The highest BCUT2D eigenvalue weighted by Gasteiger charge is 2.31. The number of nitrogens with zero attached hydrogens (tertiary/aromatic N) is 2. The Morgan fingerprint density at radius 3 is 1.68 bits per heavy atom. The van der Waals surface area contributed by atoms with Crippen molar-refractivity contribution >= 4 is 35.0 Å². The first-order chi connectivity index (χ1) is 18.0. The van der Waals surface area contributed by atoms with Crippen molar-refractivity contribution in [3.8, 4) is 0 Å². The number of nitrogens with one attached hydrogen (secondary N) is 6. The van der Waals surface area contributed by atoms with Gasteiger partial charge >= 0.3 is 6.03 Å². The predicted octanol–water partition coefficient (Wildman–Crippen LogP) is 2.43. The molecule has 3 aliphatic carbocycles. The maximum atomic E-state index is 12.8. The number of amides is 2. The molecular weight excluding hydrogens is 484 g/mol. The van der Waals surface area contributed by atoms with Crippen molar-refractivity contribution < 1.29 is 4.79 Å². The summed E-state index contributed by atoms with van der Waals surface area (Å²) in [5.74, 6) is 4.09. The molecule has 0 aromatic carbocycles. The van der Waals surface area contributed by atoms with E-state index in [1.54, 1.807) is 0 Å². The molecule has 0 saturated heterocycles. The molecule has 206 valence electrons. The molecule has 2 heterocycles. The lowest BCUT2D eigenvalue weighted by Crippen LogP contribution is -2.54. The number of carbonyl (C=O) groups is 1. The average Bonchev–Trinajstić information content (AvgIpc) is 3.59. The van der Waals surface area contributed by atoms with Crippen molar-refractivity contribution in [2.45, 2.75) is 102 Å². The minimum absolute atomic E-state index is 0.0172. The number of amidine groups is 2. The normalized spacial score (nSPS) is 35.9. The van der Waals surface area contributed by atoms with Crippen LogP contribution in [-0.4, -0.2) is 73.2 Å². The predicted molar refractivity (Wildman–Crippen MR) is 153 cm³/mol. The lowest BCUT2D eigenvalue weighted by Gasteiger charge is -2.36. The van der Waals surface area contributed by atoms with Gasteiger partial charge in [0.1, 0.15) is 0 Å². The van der Waals surface area contributed by atoms with Crippen molar-refractivity contribution in [3.05, 3.63) is 0 Å². The quantitative estimate of drug-likeness (QED) is 0.294. The molecule has 0 radical (unpaired) electrons. The third-order valence-electron chi connectivity index (χ3n) is 8.91. The Morgan fingerprint density at radius 2 is 1.16 bits per heavy atom. The van der Waals surface area contributed by atoms with Gasteiger partial charge in [-0.05, 0) is 88.8 Å². The Kier molecular flexibility index (Phi) is 9.05. The van der Waals surface area contributed by atoms with Crippen LogP contribution in [0, 0.1) is 17.8 Å². The zero-order chi connectivity index (χ0) is 25.6. The van der Waals surface area contributed by atoms with E-state index in [0.717, 1.165) is 89.1 Å². The molecule has 2 aliphatic heterocycles. The molecule has 10 heteroatoms. The third kappa shape index (κ3) is 7.48. The van der Waals surface area contributed by atoms with Gasteiger partial charge in [0.2, 0.25) is 0 Å². The van der Waals surface area contributed by atoms with Gasteiger partial charge in [-0.3, -0.25) is 9.98 Å². The van der Waals surface area contributed by atoms with Gasteiger partial charge in [0.15, 0.2) is 5.11 Å². The van der Waals surface area contributed by atoms with Gasteiger partial charge in [0, 0.05) is 49.1 Å². The topological polar surface area (TPSA) is 114 Å². The van der Waals surface area contributed by atoms with Gasteiger partial charge < -0.3 is 31.9 Å².